The van der Waals surface area contributed by atoms with Crippen LogP contribution < -0.4 is 0 Å². The molecule has 0 saturated carbocycles. The highest BCUT2D eigenvalue weighted by molar-refractivity contribution is 4.81. The second kappa shape index (κ2) is 26.5. The highest BCUT2D eigenvalue weighted by Gasteiger charge is 2.30. The molecule has 0 amide bonds. The maximum atomic E-state index is 9.21. The minimum absolute atomic E-state index is 0. The first-order valence-electron chi connectivity index (χ1n) is 10.8. The molecule has 0 bridgehead atoms. The highest BCUT2D eigenvalue weighted by Crippen LogP contribution is 2.09. The van der Waals surface area contributed by atoms with Crippen LogP contribution in [-0.4, -0.2) is 194 Å². The molecular formula is C21H52O17. The lowest BCUT2D eigenvalue weighted by Crippen LogP contribution is -2.46. The Balaban J connectivity index is -0.000000140. The van der Waals surface area contributed by atoms with Crippen molar-refractivity contribution in [2.45, 2.75) is 88.9 Å². The van der Waals surface area contributed by atoms with E-state index < -0.39 is 106 Å². The van der Waals surface area contributed by atoms with Crippen LogP contribution in [0.1, 0.15) is 21.8 Å². The molecule has 0 aliphatic carbocycles. The van der Waals surface area contributed by atoms with Crippen LogP contribution in [-0.2, 0) is 0 Å². The van der Waals surface area contributed by atoms with E-state index in [-0.39, 0.29) is 21.5 Å². The van der Waals surface area contributed by atoms with Gasteiger partial charge in [0.25, 0.3) is 0 Å². The van der Waals surface area contributed by atoms with Crippen molar-refractivity contribution >= 4 is 0 Å². The van der Waals surface area contributed by atoms with Crippen LogP contribution in [0.4, 0.5) is 0 Å². The molecule has 12 unspecified atom stereocenters. The minimum Gasteiger partial charge on any atom is -0.396 e. The van der Waals surface area contributed by atoms with Crippen molar-refractivity contribution in [2.75, 3.05) is 39.6 Å². The van der Waals surface area contributed by atoms with Crippen molar-refractivity contribution in [1.29, 1.82) is 0 Å². The van der Waals surface area contributed by atoms with Crippen LogP contribution in [0.15, 0.2) is 0 Å². The summed E-state index contributed by atoms with van der Waals surface area (Å²) in [6, 6.07) is 0. The Morgan fingerprint density at radius 2 is 0.474 bits per heavy atom. The molecule has 0 heterocycles. The second-order valence-electron chi connectivity index (χ2n) is 7.85. The van der Waals surface area contributed by atoms with E-state index in [1.165, 1.54) is 6.92 Å². The quantitative estimate of drug-likeness (QED) is 0.0859. The predicted octanol–water partition coefficient (Wildman–Crippen LogP) is -8.21. The van der Waals surface area contributed by atoms with E-state index in [9.17, 15) is 5.11 Å². The van der Waals surface area contributed by atoms with Crippen LogP contribution in [0.5, 0.6) is 0 Å². The zero-order valence-electron chi connectivity index (χ0n) is 19.8. The maximum absolute atomic E-state index is 9.21. The fraction of sp³-hybridized carbons (Fsp3) is 1.00. The van der Waals surface area contributed by atoms with Gasteiger partial charge in [0, 0.05) is 12.5 Å². The Hall–Kier alpha value is -0.680. The predicted molar refractivity (Wildman–Crippen MR) is 131 cm³/mol. The zero-order valence-corrected chi connectivity index (χ0v) is 19.8. The smallest absolute Gasteiger partial charge is 0.111 e. The molecular weight excluding hydrogens is 524 g/mol. The summed E-state index contributed by atoms with van der Waals surface area (Å²) in [5.74, 6) is -0.527. The van der Waals surface area contributed by atoms with Crippen LogP contribution in [0, 0.1) is 5.92 Å². The van der Waals surface area contributed by atoms with E-state index in [1.54, 1.807) is 0 Å². The number of hydrogen-bond acceptors (Lipinski definition) is 17. The number of hydrogen-bond donors (Lipinski definition) is 17. The van der Waals surface area contributed by atoms with Crippen LogP contribution >= 0.6 is 0 Å². The SMILES string of the molecule is C.C.CC(CO)C(O)C(O)C(O)CO.OCC(O)C(O)C(O)C(O)CO.OCC(O)C(O)C(O)C(O)CO. The average Bonchev–Trinajstić information content (AvgIpc) is 2.92. The first kappa shape index (κ1) is 47.1. The van der Waals surface area contributed by atoms with E-state index in [1.807, 2.05) is 0 Å². The molecule has 0 radical (unpaired) electrons. The van der Waals surface area contributed by atoms with E-state index >= 15 is 0 Å². The van der Waals surface area contributed by atoms with Gasteiger partial charge in [0.15, 0.2) is 0 Å². The van der Waals surface area contributed by atoms with Crippen molar-refractivity contribution in [2.24, 2.45) is 5.92 Å². The average molecular weight is 577 g/mol. The van der Waals surface area contributed by atoms with Gasteiger partial charge in [-0.2, -0.15) is 0 Å². The third-order valence-electron chi connectivity index (χ3n) is 4.83. The molecule has 0 fully saturated rings. The molecule has 12 atom stereocenters. The molecule has 0 spiro atoms. The summed E-state index contributed by atoms with van der Waals surface area (Å²) in [4.78, 5) is 0. The summed E-state index contributed by atoms with van der Waals surface area (Å²) in [5, 5.41) is 149. The topological polar surface area (TPSA) is 344 Å². The standard InChI is InChI=1S/C7H16O5.2C6H14O6.2CH4/c1-4(2-8)6(11)7(12)5(10)3-9;2*7-1-3(9)5(11)6(12)4(10)2-8;;/h4-12H,2-3H2,1H3;2*3-12H,1-2H2;2*1H4. The van der Waals surface area contributed by atoms with Gasteiger partial charge < -0.3 is 86.8 Å². The normalized spacial score (nSPS) is 20.4. The van der Waals surface area contributed by atoms with Crippen LogP contribution in [0.3, 0.4) is 0 Å². The van der Waals surface area contributed by atoms with Crippen molar-refractivity contribution in [3.05, 3.63) is 0 Å². The van der Waals surface area contributed by atoms with E-state index in [0.717, 1.165) is 0 Å². The third kappa shape index (κ3) is 18.6. The van der Waals surface area contributed by atoms with Crippen LogP contribution in [0.25, 0.3) is 0 Å². The molecule has 0 aromatic heterocycles. The Labute approximate surface area is 222 Å². The van der Waals surface area contributed by atoms with Gasteiger partial charge in [-0.25, -0.2) is 0 Å². The molecule has 0 aliphatic heterocycles. The molecule has 17 heteroatoms. The molecule has 0 saturated heterocycles. The summed E-state index contributed by atoms with van der Waals surface area (Å²) in [6.45, 7) is -2.27. The van der Waals surface area contributed by atoms with Gasteiger partial charge >= 0.3 is 0 Å². The van der Waals surface area contributed by atoms with Crippen molar-refractivity contribution in [1.82, 2.24) is 0 Å². The molecule has 238 valence electrons. The van der Waals surface area contributed by atoms with E-state index in [2.05, 4.69) is 0 Å². The summed E-state index contributed by atoms with van der Waals surface area (Å²) in [7, 11) is 0. The third-order valence-corrected chi connectivity index (χ3v) is 4.83. The van der Waals surface area contributed by atoms with E-state index in [0.29, 0.717) is 0 Å². The molecule has 17 N–H and O–H groups in total. The largest absolute Gasteiger partial charge is 0.396 e. The maximum Gasteiger partial charge on any atom is 0.111 e. The lowest BCUT2D eigenvalue weighted by Gasteiger charge is -2.25. The van der Waals surface area contributed by atoms with Gasteiger partial charge in [0.05, 0.1) is 39.1 Å². The lowest BCUT2D eigenvalue weighted by atomic mass is 9.97. The molecule has 17 nitrogen and oxygen atoms in total. The number of rotatable bonds is 15. The highest BCUT2D eigenvalue weighted by atomic mass is 16.4. The molecule has 0 rings (SSSR count). The van der Waals surface area contributed by atoms with E-state index in [4.69, 9.17) is 81.7 Å². The summed E-state index contributed by atoms with van der Waals surface area (Å²) >= 11 is 0. The summed E-state index contributed by atoms with van der Waals surface area (Å²) in [6.07, 6.45) is -16.8. The summed E-state index contributed by atoms with van der Waals surface area (Å²) < 4.78 is 0. The van der Waals surface area contributed by atoms with Gasteiger partial charge in [0.2, 0.25) is 0 Å². The number of aliphatic hydroxyl groups excluding tert-OH is 17. The molecule has 38 heavy (non-hydrogen) atoms. The lowest BCUT2D eigenvalue weighted by molar-refractivity contribution is -0.123. The molecule has 0 aliphatic rings. The van der Waals surface area contributed by atoms with Crippen molar-refractivity contribution in [3.63, 3.8) is 0 Å². The second-order valence-corrected chi connectivity index (χ2v) is 7.85. The first-order chi connectivity index (χ1) is 16.6. The number of aliphatic hydroxyl groups is 17. The van der Waals surface area contributed by atoms with Gasteiger partial charge in [0.1, 0.15) is 61.0 Å². The molecule has 0 aromatic carbocycles. The monoisotopic (exact) mass is 576 g/mol. The van der Waals surface area contributed by atoms with Crippen molar-refractivity contribution < 1.29 is 86.8 Å². The Bertz CT molecular complexity index is 382. The van der Waals surface area contributed by atoms with Gasteiger partial charge in [-0.3, -0.25) is 0 Å². The van der Waals surface area contributed by atoms with Gasteiger partial charge in [-0.05, 0) is 0 Å². The Morgan fingerprint density at radius 1 is 0.316 bits per heavy atom. The fourth-order valence-corrected chi connectivity index (χ4v) is 2.12. The first-order valence-corrected chi connectivity index (χ1v) is 10.8. The van der Waals surface area contributed by atoms with Crippen LogP contribution in [0.2, 0.25) is 0 Å². The minimum atomic E-state index is -1.67. The van der Waals surface area contributed by atoms with Crippen molar-refractivity contribution in [3.8, 4) is 0 Å². The zero-order chi connectivity index (χ0) is 29.2. The summed E-state index contributed by atoms with van der Waals surface area (Å²) in [5.41, 5.74) is 0. The van der Waals surface area contributed by atoms with Gasteiger partial charge in [-0.15, -0.1) is 0 Å². The Morgan fingerprint density at radius 3 is 0.605 bits per heavy atom. The van der Waals surface area contributed by atoms with Gasteiger partial charge in [-0.1, -0.05) is 21.8 Å². The molecule has 0 aromatic rings. The Kier molecular flexibility index (Phi) is 32.9. The fourth-order valence-electron chi connectivity index (χ4n) is 2.12.